The summed E-state index contributed by atoms with van der Waals surface area (Å²) < 4.78 is 11.9. The molecule has 3 heterocycles. The van der Waals surface area contributed by atoms with E-state index in [1.54, 1.807) is 36.5 Å². The zero-order valence-corrected chi connectivity index (χ0v) is 28.1. The number of aliphatic hydroxyl groups excluding tert-OH is 1. The van der Waals surface area contributed by atoms with Crippen LogP contribution in [0.15, 0.2) is 54.5 Å². The summed E-state index contributed by atoms with van der Waals surface area (Å²) in [6.45, 7) is 10.3. The quantitative estimate of drug-likeness (QED) is 0.184. The molecule has 2 N–H and O–H groups in total. The summed E-state index contributed by atoms with van der Waals surface area (Å²) in [6, 6.07) is 0.597. The Bertz CT molecular complexity index is 1200. The maximum absolute atomic E-state index is 13.4. The van der Waals surface area contributed by atoms with Crippen LogP contribution in [0, 0.1) is 5.92 Å². The molecule has 46 heavy (non-hydrogen) atoms. The molecule has 2 aliphatic heterocycles. The Hall–Kier alpha value is -3.08. The van der Waals surface area contributed by atoms with Crippen molar-refractivity contribution in [2.45, 2.75) is 121 Å². The molecule has 1 amide bonds. The molecule has 1 saturated carbocycles. The van der Waals surface area contributed by atoms with E-state index >= 15 is 0 Å². The number of aliphatic hydroxyl groups is 2. The highest BCUT2D eigenvalue weighted by atomic mass is 16.6. The Balaban J connectivity index is 1.45. The van der Waals surface area contributed by atoms with Crippen molar-refractivity contribution in [1.82, 2.24) is 19.8 Å². The lowest BCUT2D eigenvalue weighted by atomic mass is 9.88. The Kier molecular flexibility index (Phi) is 13.4. The number of rotatable bonds is 6. The molecule has 0 bridgehead atoms. The van der Waals surface area contributed by atoms with Gasteiger partial charge in [0, 0.05) is 62.6 Å². The summed E-state index contributed by atoms with van der Waals surface area (Å²) in [4.78, 5) is 39.0. The van der Waals surface area contributed by atoms with E-state index in [9.17, 15) is 19.8 Å². The van der Waals surface area contributed by atoms with Gasteiger partial charge in [0.15, 0.2) is 6.10 Å². The molecule has 1 aromatic rings. The van der Waals surface area contributed by atoms with E-state index in [2.05, 4.69) is 14.9 Å². The number of nitrogens with zero attached hydrogens (tertiary/aromatic N) is 4. The molecule has 3 aliphatic rings. The highest BCUT2D eigenvalue weighted by Gasteiger charge is 2.37. The van der Waals surface area contributed by atoms with Crippen LogP contribution < -0.4 is 0 Å². The van der Waals surface area contributed by atoms with Gasteiger partial charge in [0.25, 0.3) is 0 Å². The van der Waals surface area contributed by atoms with Crippen molar-refractivity contribution >= 4 is 12.1 Å². The maximum Gasteiger partial charge on any atom is 0.410 e. The van der Waals surface area contributed by atoms with Crippen LogP contribution in [0.1, 0.15) is 97.1 Å². The molecule has 1 aliphatic carbocycles. The van der Waals surface area contributed by atoms with Crippen LogP contribution in [0.5, 0.6) is 0 Å². The van der Waals surface area contributed by atoms with Crippen LogP contribution in [-0.2, 0) is 14.3 Å². The fraction of sp³-hybridized carbons (Fsp3) is 0.667. The van der Waals surface area contributed by atoms with E-state index in [1.807, 2.05) is 45.1 Å². The van der Waals surface area contributed by atoms with Gasteiger partial charge in [0.05, 0.1) is 18.2 Å². The molecule has 1 unspecified atom stereocenters. The largest absolute Gasteiger partial charge is 0.457 e. The number of carbonyl (C=O) groups excluding carboxylic acids is 2. The Labute approximate surface area is 274 Å². The van der Waals surface area contributed by atoms with Crippen molar-refractivity contribution in [3.8, 4) is 0 Å². The Morgan fingerprint density at radius 1 is 1.11 bits per heavy atom. The number of aromatic nitrogens is 2. The molecule has 10 nitrogen and oxygen atoms in total. The zero-order chi connectivity index (χ0) is 33.1. The minimum absolute atomic E-state index is 0.0431. The molecular formula is C36H54N4O6. The van der Waals surface area contributed by atoms with Gasteiger partial charge in [-0.1, -0.05) is 63.8 Å². The maximum atomic E-state index is 13.4. The third-order valence-electron chi connectivity index (χ3n) is 9.72. The molecule has 0 radical (unpaired) electrons. The van der Waals surface area contributed by atoms with Crippen LogP contribution in [0.2, 0.25) is 0 Å². The average molecular weight is 639 g/mol. The van der Waals surface area contributed by atoms with Crippen molar-refractivity contribution < 1.29 is 29.3 Å². The number of carbonyl (C=O) groups is 2. The molecule has 4 rings (SSSR count). The number of allylic oxidation sites excluding steroid dienone is 3. The summed E-state index contributed by atoms with van der Waals surface area (Å²) in [6.07, 6.45) is 19.1. The molecule has 0 spiro atoms. The van der Waals surface area contributed by atoms with Gasteiger partial charge in [0.2, 0.25) is 0 Å². The number of hydrogen-bond donors (Lipinski definition) is 2. The topological polar surface area (TPSA) is 125 Å². The molecular weight excluding hydrogens is 584 g/mol. The molecule has 1 saturated heterocycles. The number of cyclic esters (lactones) is 1. The van der Waals surface area contributed by atoms with Gasteiger partial charge in [0.1, 0.15) is 11.7 Å². The van der Waals surface area contributed by atoms with E-state index in [0.717, 1.165) is 24.4 Å². The van der Waals surface area contributed by atoms with Crippen LogP contribution in [-0.4, -0.2) is 98.2 Å². The lowest BCUT2D eigenvalue weighted by Gasteiger charge is -2.40. The number of ether oxygens (including phenoxy) is 2. The van der Waals surface area contributed by atoms with E-state index in [0.29, 0.717) is 19.1 Å². The number of amides is 1. The van der Waals surface area contributed by atoms with Gasteiger partial charge in [-0.3, -0.25) is 19.7 Å². The minimum Gasteiger partial charge on any atom is -0.457 e. The van der Waals surface area contributed by atoms with Crippen molar-refractivity contribution in [3.05, 3.63) is 60.2 Å². The normalized spacial score (nSPS) is 31.3. The first-order valence-corrected chi connectivity index (χ1v) is 17.1. The molecule has 10 heteroatoms. The Morgan fingerprint density at radius 3 is 2.50 bits per heavy atom. The van der Waals surface area contributed by atoms with E-state index < -0.39 is 36.0 Å². The van der Waals surface area contributed by atoms with Gasteiger partial charge >= 0.3 is 12.1 Å². The van der Waals surface area contributed by atoms with Gasteiger partial charge in [-0.2, -0.15) is 0 Å². The predicted octanol–water partition coefficient (Wildman–Crippen LogP) is 5.33. The summed E-state index contributed by atoms with van der Waals surface area (Å²) in [5, 5.41) is 22.1. The monoisotopic (exact) mass is 638 g/mol. The highest BCUT2D eigenvalue weighted by molar-refractivity contribution is 5.70. The fourth-order valence-corrected chi connectivity index (χ4v) is 6.64. The van der Waals surface area contributed by atoms with Gasteiger partial charge in [-0.15, -0.1) is 0 Å². The number of hydrogen-bond acceptors (Lipinski definition) is 9. The third kappa shape index (κ3) is 10.5. The SMILES string of the molecule is C/C(=C\C=C\C(C)c1cnccn1)[C@H]1OC(=O)C[C@@H](O)CC[C@](C)(O)[C@@H](OC(=O)N2CCN(C3CCCCCC3)CC2)/C=C\[C@@H]1C. The second-order valence-corrected chi connectivity index (χ2v) is 13.6. The highest BCUT2D eigenvalue weighted by Crippen LogP contribution is 2.28. The van der Waals surface area contributed by atoms with Crippen LogP contribution >= 0.6 is 0 Å². The first-order valence-electron chi connectivity index (χ1n) is 17.1. The lowest BCUT2D eigenvalue weighted by Crippen LogP contribution is -2.53. The minimum atomic E-state index is -1.45. The summed E-state index contributed by atoms with van der Waals surface area (Å²) in [7, 11) is 0. The van der Waals surface area contributed by atoms with Gasteiger partial charge in [-0.25, -0.2) is 4.79 Å². The third-order valence-corrected chi connectivity index (χ3v) is 9.72. The van der Waals surface area contributed by atoms with Gasteiger partial charge < -0.3 is 24.6 Å². The molecule has 6 atom stereocenters. The predicted molar refractivity (Wildman–Crippen MR) is 177 cm³/mol. The molecule has 1 aromatic heterocycles. The molecule has 2 fully saturated rings. The first kappa shape index (κ1) is 35.8. The van der Waals surface area contributed by atoms with E-state index in [-0.39, 0.29) is 31.1 Å². The molecule has 0 aromatic carbocycles. The van der Waals surface area contributed by atoms with Crippen LogP contribution in [0.4, 0.5) is 4.79 Å². The van der Waals surface area contributed by atoms with Crippen LogP contribution in [0.25, 0.3) is 0 Å². The van der Waals surface area contributed by atoms with Crippen molar-refractivity contribution in [2.75, 3.05) is 26.2 Å². The summed E-state index contributed by atoms with van der Waals surface area (Å²) in [5.41, 5.74) is 0.214. The van der Waals surface area contributed by atoms with Crippen molar-refractivity contribution in [1.29, 1.82) is 0 Å². The second kappa shape index (κ2) is 17.2. The van der Waals surface area contributed by atoms with Gasteiger partial charge in [-0.05, 0) is 51.2 Å². The number of piperazine rings is 1. The van der Waals surface area contributed by atoms with Crippen molar-refractivity contribution in [3.63, 3.8) is 0 Å². The van der Waals surface area contributed by atoms with Crippen LogP contribution in [0.3, 0.4) is 0 Å². The average Bonchev–Trinajstić information content (AvgIpc) is 3.34. The van der Waals surface area contributed by atoms with E-state index in [1.165, 1.54) is 38.5 Å². The fourth-order valence-electron chi connectivity index (χ4n) is 6.64. The smallest absolute Gasteiger partial charge is 0.410 e. The zero-order valence-electron chi connectivity index (χ0n) is 28.1. The summed E-state index contributed by atoms with van der Waals surface area (Å²) in [5.74, 6) is -0.766. The van der Waals surface area contributed by atoms with Crippen molar-refractivity contribution in [2.24, 2.45) is 5.92 Å². The molecule has 254 valence electrons. The standard InChI is InChI=1S/C36H54N4O6/c1-26(31-25-37-18-19-38-31)10-9-11-27(2)34-28(3)14-15-32(36(4,44)17-16-30(41)24-33(42)46-34)45-35(43)40-22-20-39(21-23-40)29-12-7-5-6-8-13-29/h9-11,14-15,18-19,25-26,28-30,32,34,41,44H,5-8,12-13,16-17,20-24H2,1-4H3/b10-9+,15-14-,27-11+/t26?,28-,30-,32-,34+,36-/m0/s1. The number of esters is 1. The first-order chi connectivity index (χ1) is 22.0. The summed E-state index contributed by atoms with van der Waals surface area (Å²) >= 11 is 0. The van der Waals surface area contributed by atoms with E-state index in [4.69, 9.17) is 9.47 Å². The Morgan fingerprint density at radius 2 is 1.83 bits per heavy atom. The second-order valence-electron chi connectivity index (χ2n) is 13.6. The lowest BCUT2D eigenvalue weighted by molar-refractivity contribution is -0.151.